The maximum absolute atomic E-state index is 12.2. The highest BCUT2D eigenvalue weighted by atomic mass is 35.5. The molecule has 0 aliphatic rings. The Morgan fingerprint density at radius 3 is 2.52 bits per heavy atom. The molecule has 0 aromatic heterocycles. The van der Waals surface area contributed by atoms with Gasteiger partial charge in [0.1, 0.15) is 11.4 Å². The van der Waals surface area contributed by atoms with E-state index in [2.05, 4.69) is 4.72 Å². The van der Waals surface area contributed by atoms with E-state index in [1.54, 1.807) is 50.4 Å². The molecule has 1 atom stereocenters. The van der Waals surface area contributed by atoms with Gasteiger partial charge in [0.2, 0.25) is 10.0 Å². The van der Waals surface area contributed by atoms with E-state index in [-0.39, 0.29) is 12.3 Å². The van der Waals surface area contributed by atoms with E-state index in [0.717, 1.165) is 5.56 Å². The normalized spacial score (nSPS) is 14.1. The number of hydrogen-bond acceptors (Lipinski definition) is 4. The molecule has 0 radical (unpaired) electrons. The van der Waals surface area contributed by atoms with Crippen LogP contribution < -0.4 is 9.46 Å². The maximum Gasteiger partial charge on any atom is 0.212 e. The highest BCUT2D eigenvalue weighted by Crippen LogP contribution is 2.22. The standard InChI is InChI=1S/C18H22ClNO4S/c1-18(21,15-6-8-16(19)9-7-15)13-20-25(22,23)11-10-14-4-3-5-17(12-14)24-2/h3-9,12,20-21H,10-11,13H2,1-2H3. The smallest absolute Gasteiger partial charge is 0.212 e. The number of aliphatic hydroxyl groups is 1. The summed E-state index contributed by atoms with van der Waals surface area (Å²) in [5.41, 5.74) is 0.134. The summed E-state index contributed by atoms with van der Waals surface area (Å²) in [4.78, 5) is 0. The third-order valence-corrected chi connectivity index (χ3v) is 5.47. The molecule has 2 N–H and O–H groups in total. The molecule has 0 amide bonds. The Balaban J connectivity index is 1.95. The van der Waals surface area contributed by atoms with Crippen molar-refractivity contribution in [2.75, 3.05) is 19.4 Å². The third kappa shape index (κ3) is 6.01. The third-order valence-electron chi connectivity index (χ3n) is 3.90. The van der Waals surface area contributed by atoms with Gasteiger partial charge in [-0.3, -0.25) is 0 Å². The number of sulfonamides is 1. The highest BCUT2D eigenvalue weighted by Gasteiger charge is 2.25. The van der Waals surface area contributed by atoms with E-state index >= 15 is 0 Å². The lowest BCUT2D eigenvalue weighted by Crippen LogP contribution is -2.39. The van der Waals surface area contributed by atoms with Gasteiger partial charge in [-0.25, -0.2) is 13.1 Å². The summed E-state index contributed by atoms with van der Waals surface area (Å²) >= 11 is 5.83. The molecule has 7 heteroatoms. The summed E-state index contributed by atoms with van der Waals surface area (Å²) in [6.45, 7) is 1.44. The molecule has 0 saturated carbocycles. The predicted molar refractivity (Wildman–Crippen MR) is 99.5 cm³/mol. The molecule has 0 bridgehead atoms. The van der Waals surface area contributed by atoms with Crippen LogP contribution in [0.1, 0.15) is 18.1 Å². The Kier molecular flexibility index (Phi) is 6.46. The van der Waals surface area contributed by atoms with Gasteiger partial charge in [0, 0.05) is 11.6 Å². The molecule has 25 heavy (non-hydrogen) atoms. The molecule has 5 nitrogen and oxygen atoms in total. The number of ether oxygens (including phenoxy) is 1. The molecule has 2 aromatic rings. The monoisotopic (exact) mass is 383 g/mol. The van der Waals surface area contributed by atoms with Gasteiger partial charge in [0.25, 0.3) is 0 Å². The topological polar surface area (TPSA) is 75.6 Å². The second kappa shape index (κ2) is 8.19. The Labute approximate surface area is 153 Å². The largest absolute Gasteiger partial charge is 0.497 e. The van der Waals surface area contributed by atoms with Crippen LogP contribution in [0, 0.1) is 0 Å². The highest BCUT2D eigenvalue weighted by molar-refractivity contribution is 7.89. The van der Waals surface area contributed by atoms with Gasteiger partial charge in [0.15, 0.2) is 0 Å². The van der Waals surface area contributed by atoms with Crippen LogP contribution in [-0.2, 0) is 22.0 Å². The first kappa shape index (κ1) is 19.7. The van der Waals surface area contributed by atoms with Crippen LogP contribution in [0.3, 0.4) is 0 Å². The lowest BCUT2D eigenvalue weighted by Gasteiger charge is -2.24. The molecule has 2 rings (SSSR count). The minimum absolute atomic E-state index is 0.0726. The molecule has 0 saturated heterocycles. The van der Waals surface area contributed by atoms with E-state index in [4.69, 9.17) is 16.3 Å². The van der Waals surface area contributed by atoms with Crippen LogP contribution in [0.15, 0.2) is 48.5 Å². The summed E-state index contributed by atoms with van der Waals surface area (Å²) in [5.74, 6) is 0.616. The van der Waals surface area contributed by atoms with Crippen LogP contribution in [0.4, 0.5) is 0 Å². The zero-order valence-corrected chi connectivity index (χ0v) is 15.8. The summed E-state index contributed by atoms with van der Waals surface area (Å²) in [6.07, 6.45) is 0.357. The number of benzene rings is 2. The molecule has 0 heterocycles. The van der Waals surface area contributed by atoms with Crippen LogP contribution >= 0.6 is 11.6 Å². The Morgan fingerprint density at radius 2 is 1.88 bits per heavy atom. The number of rotatable bonds is 8. The van der Waals surface area contributed by atoms with Crippen molar-refractivity contribution in [2.45, 2.75) is 18.9 Å². The van der Waals surface area contributed by atoms with E-state index in [9.17, 15) is 13.5 Å². The van der Waals surface area contributed by atoms with E-state index < -0.39 is 15.6 Å². The van der Waals surface area contributed by atoms with E-state index in [0.29, 0.717) is 22.8 Å². The first-order valence-corrected chi connectivity index (χ1v) is 9.83. The predicted octanol–water partition coefficient (Wildman–Crippen LogP) is 2.72. The van der Waals surface area contributed by atoms with Gasteiger partial charge in [-0.1, -0.05) is 35.9 Å². The quantitative estimate of drug-likeness (QED) is 0.734. The zero-order valence-electron chi connectivity index (χ0n) is 14.2. The van der Waals surface area contributed by atoms with Gasteiger partial charge in [-0.05, 0) is 48.7 Å². The fraction of sp³-hybridized carbons (Fsp3) is 0.333. The molecular formula is C18H22ClNO4S. The Morgan fingerprint density at radius 1 is 1.20 bits per heavy atom. The van der Waals surface area contributed by atoms with Gasteiger partial charge in [-0.2, -0.15) is 0 Å². The summed E-state index contributed by atoms with van der Waals surface area (Å²) in [7, 11) is -1.96. The van der Waals surface area contributed by atoms with Gasteiger partial charge in [-0.15, -0.1) is 0 Å². The number of methoxy groups -OCH3 is 1. The van der Waals surface area contributed by atoms with Gasteiger partial charge >= 0.3 is 0 Å². The number of aryl methyl sites for hydroxylation is 1. The van der Waals surface area contributed by atoms with Crippen molar-refractivity contribution < 1.29 is 18.3 Å². The molecular weight excluding hydrogens is 362 g/mol. The van der Waals surface area contributed by atoms with Crippen LogP contribution in [0.2, 0.25) is 5.02 Å². The molecule has 0 aliphatic heterocycles. The number of nitrogens with one attached hydrogen (secondary N) is 1. The summed E-state index contributed by atoms with van der Waals surface area (Å²) in [5, 5.41) is 11.1. The average molecular weight is 384 g/mol. The second-order valence-electron chi connectivity index (χ2n) is 6.02. The minimum atomic E-state index is -3.53. The average Bonchev–Trinajstić information content (AvgIpc) is 2.59. The summed E-state index contributed by atoms with van der Waals surface area (Å²) in [6, 6.07) is 13.9. The fourth-order valence-electron chi connectivity index (χ4n) is 2.31. The zero-order chi connectivity index (χ0) is 18.5. The van der Waals surface area contributed by atoms with Crippen molar-refractivity contribution in [3.8, 4) is 5.75 Å². The van der Waals surface area contributed by atoms with Crippen molar-refractivity contribution in [3.63, 3.8) is 0 Å². The molecule has 0 fully saturated rings. The van der Waals surface area contributed by atoms with Crippen molar-refractivity contribution in [3.05, 3.63) is 64.7 Å². The van der Waals surface area contributed by atoms with Gasteiger partial charge < -0.3 is 9.84 Å². The SMILES string of the molecule is COc1cccc(CCS(=O)(=O)NCC(C)(O)c2ccc(Cl)cc2)c1. The molecule has 136 valence electrons. The lowest BCUT2D eigenvalue weighted by molar-refractivity contribution is 0.0627. The van der Waals surface area contributed by atoms with Crippen molar-refractivity contribution in [2.24, 2.45) is 0 Å². The van der Waals surface area contributed by atoms with Crippen LogP contribution in [-0.4, -0.2) is 32.9 Å². The Bertz CT molecular complexity index is 804. The molecule has 2 aromatic carbocycles. The first-order valence-electron chi connectivity index (χ1n) is 7.80. The fourth-order valence-corrected chi connectivity index (χ4v) is 3.59. The van der Waals surface area contributed by atoms with Crippen molar-refractivity contribution in [1.29, 1.82) is 0 Å². The first-order chi connectivity index (χ1) is 11.7. The van der Waals surface area contributed by atoms with Crippen molar-refractivity contribution >= 4 is 21.6 Å². The van der Waals surface area contributed by atoms with Crippen LogP contribution in [0.25, 0.3) is 0 Å². The molecule has 0 spiro atoms. The number of halogens is 1. The second-order valence-corrected chi connectivity index (χ2v) is 8.39. The van der Waals surface area contributed by atoms with Gasteiger partial charge in [0.05, 0.1) is 12.9 Å². The Hall–Kier alpha value is -1.60. The number of hydrogen-bond donors (Lipinski definition) is 2. The minimum Gasteiger partial charge on any atom is -0.497 e. The lowest BCUT2D eigenvalue weighted by atomic mass is 9.97. The van der Waals surface area contributed by atoms with Crippen molar-refractivity contribution in [1.82, 2.24) is 4.72 Å². The van der Waals surface area contributed by atoms with E-state index in [1.165, 1.54) is 0 Å². The van der Waals surface area contributed by atoms with Crippen LogP contribution in [0.5, 0.6) is 5.75 Å². The summed E-state index contributed by atoms with van der Waals surface area (Å²) < 4.78 is 32.0. The maximum atomic E-state index is 12.2. The molecule has 1 unspecified atom stereocenters. The van der Waals surface area contributed by atoms with E-state index in [1.807, 2.05) is 12.1 Å². The molecule has 0 aliphatic carbocycles.